The first-order valence-electron chi connectivity index (χ1n) is 6.99. The highest BCUT2D eigenvalue weighted by Gasteiger charge is 2.65. The molecule has 27 heavy (non-hydrogen) atoms. The van der Waals surface area contributed by atoms with E-state index < -0.39 is 49.4 Å². The Bertz CT molecular complexity index is 459. The van der Waals surface area contributed by atoms with E-state index in [9.17, 15) is 53.5 Å². The first-order valence-corrected chi connectivity index (χ1v) is 6.99. The fourth-order valence-electron chi connectivity index (χ4n) is 1.26. The second kappa shape index (κ2) is 9.41. The Balaban J connectivity index is 3.86. The minimum Gasteiger partial charge on any atom is -0.461 e. The van der Waals surface area contributed by atoms with Crippen molar-refractivity contribution in [1.82, 2.24) is 5.32 Å². The predicted molar refractivity (Wildman–Crippen MR) is 66.0 cm³/mol. The van der Waals surface area contributed by atoms with Crippen LogP contribution in [0.3, 0.4) is 0 Å². The van der Waals surface area contributed by atoms with Crippen LogP contribution in [0.4, 0.5) is 43.9 Å². The molecular formula is C12H13F10NO4. The average Bonchev–Trinajstić information content (AvgIpc) is 2.50. The maximum Gasteiger partial charge on any atom is 0.465 e. The summed E-state index contributed by atoms with van der Waals surface area (Å²) in [5.74, 6) is -16.8. The van der Waals surface area contributed by atoms with Gasteiger partial charge in [0.05, 0.1) is 13.2 Å². The molecule has 5 nitrogen and oxygen atoms in total. The molecule has 0 saturated carbocycles. The monoisotopic (exact) mass is 425 g/mol. The molecule has 160 valence electrons. The molecule has 0 bridgehead atoms. The van der Waals surface area contributed by atoms with Gasteiger partial charge < -0.3 is 14.8 Å². The van der Waals surface area contributed by atoms with Crippen molar-refractivity contribution in [2.45, 2.75) is 37.0 Å². The van der Waals surface area contributed by atoms with Gasteiger partial charge in [-0.05, 0) is 25.9 Å². The summed E-state index contributed by atoms with van der Waals surface area (Å²) in [7, 11) is 0. The number of alkyl halides is 10. The highest BCUT2D eigenvalue weighted by molar-refractivity contribution is 5.79. The summed E-state index contributed by atoms with van der Waals surface area (Å²) in [6, 6.07) is 0. The van der Waals surface area contributed by atoms with Gasteiger partial charge >= 0.3 is 36.1 Å². The van der Waals surface area contributed by atoms with Gasteiger partial charge in [-0.25, -0.2) is 9.59 Å². The van der Waals surface area contributed by atoms with E-state index in [4.69, 9.17) is 0 Å². The molecule has 0 fully saturated rings. The lowest BCUT2D eigenvalue weighted by atomic mass is 10.3. The zero-order valence-electron chi connectivity index (χ0n) is 13.2. The molecule has 0 spiro atoms. The van der Waals surface area contributed by atoms with E-state index in [1.165, 1.54) is 0 Å². The third kappa shape index (κ3) is 7.38. The Labute approximate surface area is 145 Å². The number of carbonyl (C=O) groups is 2. The summed E-state index contributed by atoms with van der Waals surface area (Å²) >= 11 is 0. The first kappa shape index (κ1) is 25.2. The van der Waals surface area contributed by atoms with Crippen LogP contribution in [0, 0.1) is 0 Å². The SMILES string of the molecule is O=C(OCCCNCCCOC(=O)C(F)(F)C(F)(F)F)C(F)(F)C(F)(F)F. The molecule has 0 heterocycles. The van der Waals surface area contributed by atoms with Gasteiger partial charge in [-0.15, -0.1) is 0 Å². The molecule has 15 heteroatoms. The smallest absolute Gasteiger partial charge is 0.461 e. The van der Waals surface area contributed by atoms with Crippen molar-refractivity contribution in [3.05, 3.63) is 0 Å². The molecule has 0 aromatic carbocycles. The zero-order valence-corrected chi connectivity index (χ0v) is 13.2. The molecule has 0 radical (unpaired) electrons. The van der Waals surface area contributed by atoms with Gasteiger partial charge in [0.15, 0.2) is 0 Å². The summed E-state index contributed by atoms with van der Waals surface area (Å²) in [6.07, 6.45) is -12.6. The lowest BCUT2D eigenvalue weighted by Crippen LogP contribution is -2.45. The highest BCUT2D eigenvalue weighted by Crippen LogP contribution is 2.37. The van der Waals surface area contributed by atoms with Crippen molar-refractivity contribution in [3.8, 4) is 0 Å². The Morgan fingerprint density at radius 2 is 0.926 bits per heavy atom. The molecule has 0 aliphatic carbocycles. The van der Waals surface area contributed by atoms with Crippen LogP contribution in [0.25, 0.3) is 0 Å². The van der Waals surface area contributed by atoms with Gasteiger partial charge in [-0.2, -0.15) is 43.9 Å². The lowest BCUT2D eigenvalue weighted by molar-refractivity contribution is -0.280. The van der Waals surface area contributed by atoms with Crippen molar-refractivity contribution in [3.63, 3.8) is 0 Å². The fraction of sp³-hybridized carbons (Fsp3) is 0.833. The zero-order chi connectivity index (χ0) is 21.5. The molecule has 0 aliphatic heterocycles. The van der Waals surface area contributed by atoms with E-state index in [0.717, 1.165) is 0 Å². The summed E-state index contributed by atoms with van der Waals surface area (Å²) in [5, 5.41) is 2.47. The van der Waals surface area contributed by atoms with E-state index in [0.29, 0.717) is 0 Å². The van der Waals surface area contributed by atoms with Crippen molar-refractivity contribution >= 4 is 11.9 Å². The third-order valence-corrected chi connectivity index (χ3v) is 2.69. The number of rotatable bonds is 10. The van der Waals surface area contributed by atoms with E-state index >= 15 is 0 Å². The molecule has 0 aromatic heterocycles. The van der Waals surface area contributed by atoms with E-state index in [1.807, 2.05) is 0 Å². The van der Waals surface area contributed by atoms with Gasteiger partial charge in [0, 0.05) is 0 Å². The topological polar surface area (TPSA) is 64.6 Å². The van der Waals surface area contributed by atoms with Crippen LogP contribution in [0.15, 0.2) is 0 Å². The Hall–Kier alpha value is -1.80. The Kier molecular flexibility index (Phi) is 8.79. The standard InChI is InChI=1S/C12H13F10NO4/c13-9(14,11(17,18)19)7(24)26-5-1-3-23-4-2-6-27-8(25)10(15,16)12(20,21)22/h23H,1-6H2. The second-order valence-electron chi connectivity index (χ2n) is 4.87. The molecule has 0 unspecified atom stereocenters. The third-order valence-electron chi connectivity index (χ3n) is 2.69. The van der Waals surface area contributed by atoms with E-state index in [-0.39, 0.29) is 25.9 Å². The number of esters is 2. The van der Waals surface area contributed by atoms with Gasteiger partial charge in [0.2, 0.25) is 0 Å². The molecule has 0 rings (SSSR count). The van der Waals surface area contributed by atoms with E-state index in [2.05, 4.69) is 14.8 Å². The van der Waals surface area contributed by atoms with Crippen LogP contribution in [-0.2, 0) is 19.1 Å². The van der Waals surface area contributed by atoms with Gasteiger partial charge in [-0.3, -0.25) is 0 Å². The maximum atomic E-state index is 12.5. The number of hydrogen-bond donors (Lipinski definition) is 1. The second-order valence-corrected chi connectivity index (χ2v) is 4.87. The summed E-state index contributed by atoms with van der Waals surface area (Å²) in [4.78, 5) is 21.2. The van der Waals surface area contributed by atoms with Crippen LogP contribution < -0.4 is 5.32 Å². The summed E-state index contributed by atoms with van der Waals surface area (Å²) in [6.45, 7) is -1.75. The van der Waals surface area contributed by atoms with Crippen LogP contribution >= 0.6 is 0 Å². The molecular weight excluding hydrogens is 412 g/mol. The van der Waals surface area contributed by atoms with E-state index in [1.54, 1.807) is 0 Å². The number of nitrogens with one attached hydrogen (secondary N) is 1. The largest absolute Gasteiger partial charge is 0.465 e. The predicted octanol–water partition coefficient (Wildman–Crippen LogP) is 2.84. The van der Waals surface area contributed by atoms with Crippen LogP contribution in [-0.4, -0.2) is 62.4 Å². The molecule has 0 saturated heterocycles. The van der Waals surface area contributed by atoms with Crippen molar-refractivity contribution in [2.24, 2.45) is 0 Å². The minimum absolute atomic E-state index is 0.0858. The molecule has 0 atom stereocenters. The average molecular weight is 425 g/mol. The maximum absolute atomic E-state index is 12.5. The van der Waals surface area contributed by atoms with Crippen LogP contribution in [0.1, 0.15) is 12.8 Å². The highest BCUT2D eigenvalue weighted by atomic mass is 19.4. The Morgan fingerprint density at radius 1 is 0.630 bits per heavy atom. The number of ether oxygens (including phenoxy) is 2. The summed E-state index contributed by atoms with van der Waals surface area (Å²) < 4.78 is 128. The van der Waals surface area contributed by atoms with Gasteiger partial charge in [-0.1, -0.05) is 0 Å². The van der Waals surface area contributed by atoms with Crippen molar-refractivity contribution in [1.29, 1.82) is 0 Å². The lowest BCUT2D eigenvalue weighted by Gasteiger charge is -2.18. The van der Waals surface area contributed by atoms with Crippen molar-refractivity contribution < 1.29 is 63.0 Å². The molecule has 0 amide bonds. The minimum atomic E-state index is -6.09. The van der Waals surface area contributed by atoms with Crippen LogP contribution in [0.5, 0.6) is 0 Å². The molecule has 1 N–H and O–H groups in total. The van der Waals surface area contributed by atoms with Crippen molar-refractivity contribution in [2.75, 3.05) is 26.3 Å². The van der Waals surface area contributed by atoms with Gasteiger partial charge in [0.1, 0.15) is 0 Å². The first-order chi connectivity index (χ1) is 12.0. The molecule has 0 aromatic rings. The normalized spacial score (nSPS) is 13.4. The number of hydrogen-bond acceptors (Lipinski definition) is 5. The fourth-order valence-corrected chi connectivity index (χ4v) is 1.26. The van der Waals surface area contributed by atoms with Gasteiger partial charge in [0.25, 0.3) is 0 Å². The number of halogens is 10. The molecule has 0 aliphatic rings. The number of carbonyl (C=O) groups excluding carboxylic acids is 2. The quantitative estimate of drug-likeness (QED) is 0.332. The summed E-state index contributed by atoms with van der Waals surface area (Å²) in [5.41, 5.74) is 0. The van der Waals surface area contributed by atoms with Crippen LogP contribution in [0.2, 0.25) is 0 Å². The Morgan fingerprint density at radius 3 is 1.19 bits per heavy atom.